The molecule has 0 saturated heterocycles. The molecule has 1 fully saturated rings. The van der Waals surface area contributed by atoms with E-state index in [2.05, 4.69) is 35.7 Å². The maximum atomic E-state index is 14.9. The maximum absolute atomic E-state index is 14.9. The smallest absolute Gasteiger partial charge is 0.319 e. The predicted octanol–water partition coefficient (Wildman–Crippen LogP) is 3.72. The molecule has 1 saturated carbocycles. The molecule has 2 amide bonds. The number of urea groups is 1. The number of hydrogen-bond acceptors (Lipinski definition) is 7. The van der Waals surface area contributed by atoms with Crippen molar-refractivity contribution >= 4 is 22.8 Å². The van der Waals surface area contributed by atoms with Crippen LogP contribution >= 0.6 is 0 Å². The van der Waals surface area contributed by atoms with Crippen LogP contribution in [0.4, 0.5) is 14.9 Å². The van der Waals surface area contributed by atoms with E-state index in [0.29, 0.717) is 40.0 Å². The number of carbonyl (C=O) groups excluding carboxylic acids is 1. The number of fused-ring (bicyclic) bond motifs is 1. The minimum Gasteiger partial charge on any atom is -0.475 e. The van der Waals surface area contributed by atoms with Gasteiger partial charge in [-0.25, -0.2) is 19.2 Å². The van der Waals surface area contributed by atoms with Crippen LogP contribution in [0.1, 0.15) is 18.4 Å². The molecule has 0 atom stereocenters. The largest absolute Gasteiger partial charge is 0.475 e. The number of H-pyrrole nitrogens is 1. The lowest BCUT2D eigenvalue weighted by atomic mass is 9.86. The molecule has 11 heteroatoms. The summed E-state index contributed by atoms with van der Waals surface area (Å²) in [5.41, 5.74) is 4.16. The molecule has 0 unspecified atom stereocenters. The summed E-state index contributed by atoms with van der Waals surface area (Å²) in [6, 6.07) is 8.49. The first-order chi connectivity index (χ1) is 18.3. The van der Waals surface area contributed by atoms with Crippen LogP contribution in [-0.4, -0.2) is 75.6 Å². The maximum Gasteiger partial charge on any atom is 0.319 e. The minimum atomic E-state index is -0.526. The van der Waals surface area contributed by atoms with Gasteiger partial charge in [0.25, 0.3) is 0 Å². The van der Waals surface area contributed by atoms with E-state index in [4.69, 9.17) is 4.74 Å². The van der Waals surface area contributed by atoms with E-state index in [1.54, 1.807) is 31.5 Å². The number of carbonyl (C=O) groups is 1. The summed E-state index contributed by atoms with van der Waals surface area (Å²) in [6.45, 7) is 1.70. The van der Waals surface area contributed by atoms with Crippen molar-refractivity contribution in [2.75, 3.05) is 32.6 Å². The highest BCUT2D eigenvalue weighted by molar-refractivity contribution is 5.93. The Bertz CT molecular complexity index is 1470. The number of benzene rings is 1. The van der Waals surface area contributed by atoms with Gasteiger partial charge in [0.2, 0.25) is 5.88 Å². The average Bonchev–Trinajstić information content (AvgIpc) is 3.35. The first kappa shape index (κ1) is 25.6. The zero-order valence-corrected chi connectivity index (χ0v) is 21.5. The van der Waals surface area contributed by atoms with E-state index in [0.717, 1.165) is 23.8 Å². The molecular formula is C27H30FN7O3. The van der Waals surface area contributed by atoms with Crippen molar-refractivity contribution in [3.8, 4) is 28.3 Å². The van der Waals surface area contributed by atoms with E-state index >= 15 is 0 Å². The Morgan fingerprint density at radius 1 is 1.24 bits per heavy atom. The quantitative estimate of drug-likeness (QED) is 0.279. The molecule has 5 rings (SSSR count). The van der Waals surface area contributed by atoms with Crippen LogP contribution in [0, 0.1) is 12.7 Å². The third-order valence-corrected chi connectivity index (χ3v) is 6.83. The molecule has 4 aromatic rings. The Morgan fingerprint density at radius 3 is 2.82 bits per heavy atom. The highest BCUT2D eigenvalue weighted by atomic mass is 19.1. The number of pyridine rings is 2. The van der Waals surface area contributed by atoms with Crippen molar-refractivity contribution in [3.05, 3.63) is 54.1 Å². The first-order valence-corrected chi connectivity index (χ1v) is 12.4. The van der Waals surface area contributed by atoms with Gasteiger partial charge in [0.05, 0.1) is 24.2 Å². The number of nitrogens with one attached hydrogen (secondary N) is 3. The Labute approximate surface area is 219 Å². The summed E-state index contributed by atoms with van der Waals surface area (Å²) >= 11 is 0. The van der Waals surface area contributed by atoms with Gasteiger partial charge in [-0.2, -0.15) is 5.10 Å². The summed E-state index contributed by atoms with van der Waals surface area (Å²) in [6.07, 6.45) is 5.05. The van der Waals surface area contributed by atoms with Crippen molar-refractivity contribution in [1.29, 1.82) is 0 Å². The van der Waals surface area contributed by atoms with Crippen molar-refractivity contribution < 1.29 is 19.0 Å². The number of anilines is 1. The fraction of sp³-hybridized carbons (Fsp3) is 0.333. The number of aryl methyl sites for hydroxylation is 1. The molecular weight excluding hydrogens is 489 g/mol. The van der Waals surface area contributed by atoms with Crippen LogP contribution in [0.5, 0.6) is 5.88 Å². The summed E-state index contributed by atoms with van der Waals surface area (Å²) in [5.74, 6) is -0.224. The number of hydrogen-bond donors (Lipinski definition) is 4. The second-order valence-corrected chi connectivity index (χ2v) is 9.67. The number of rotatable bonds is 8. The molecule has 4 N–H and O–H groups in total. The summed E-state index contributed by atoms with van der Waals surface area (Å²) in [7, 11) is 4.03. The fourth-order valence-electron chi connectivity index (χ4n) is 4.65. The molecule has 10 nitrogen and oxygen atoms in total. The van der Waals surface area contributed by atoms with E-state index < -0.39 is 11.8 Å². The number of nitrogens with zero attached hydrogens (tertiary/aromatic N) is 4. The number of aliphatic hydroxyl groups excluding tert-OH is 1. The Hall–Kier alpha value is -4.09. The topological polar surface area (TPSA) is 128 Å². The molecule has 1 aromatic carbocycles. The second-order valence-electron chi connectivity index (χ2n) is 9.67. The number of aromatic nitrogens is 4. The van der Waals surface area contributed by atoms with Gasteiger partial charge >= 0.3 is 6.03 Å². The predicted molar refractivity (Wildman–Crippen MR) is 142 cm³/mol. The first-order valence-electron chi connectivity index (χ1n) is 12.4. The zero-order chi connectivity index (χ0) is 26.8. The summed E-state index contributed by atoms with van der Waals surface area (Å²) in [5, 5.41) is 22.6. The Kier molecular flexibility index (Phi) is 7.21. The molecule has 198 valence electrons. The van der Waals surface area contributed by atoms with E-state index in [1.165, 1.54) is 6.07 Å². The molecule has 0 bridgehead atoms. The van der Waals surface area contributed by atoms with Crippen molar-refractivity contribution in [2.45, 2.75) is 31.8 Å². The lowest BCUT2D eigenvalue weighted by Crippen LogP contribution is -2.52. The molecule has 3 heterocycles. The van der Waals surface area contributed by atoms with E-state index in [-0.39, 0.29) is 24.9 Å². The van der Waals surface area contributed by atoms with Gasteiger partial charge in [-0.05, 0) is 74.8 Å². The van der Waals surface area contributed by atoms with Crippen molar-refractivity contribution in [2.24, 2.45) is 0 Å². The third-order valence-electron chi connectivity index (χ3n) is 6.83. The van der Waals surface area contributed by atoms with Crippen LogP contribution in [-0.2, 0) is 0 Å². The number of ether oxygens (including phenoxy) is 1. The molecule has 0 aliphatic heterocycles. The van der Waals surface area contributed by atoms with E-state index in [1.807, 2.05) is 26.2 Å². The number of halogens is 1. The molecule has 3 aromatic heterocycles. The van der Waals surface area contributed by atoms with Gasteiger partial charge in [0, 0.05) is 35.3 Å². The highest BCUT2D eigenvalue weighted by Gasteiger charge is 2.31. The van der Waals surface area contributed by atoms with Crippen LogP contribution in [0.15, 0.2) is 42.7 Å². The van der Waals surface area contributed by atoms with Crippen LogP contribution in [0.2, 0.25) is 0 Å². The molecule has 1 aliphatic carbocycles. The Balaban J connectivity index is 1.47. The van der Waals surface area contributed by atoms with Crippen molar-refractivity contribution in [3.63, 3.8) is 0 Å². The standard InChI is InChI=1S/C27H30FN7O3/c1-15-8-22(28)24(33-27(37)31-17-11-18(12-17)35(2)3)13-20(15)16-9-23(32-25(10-16)38-7-6-36)19-4-5-29-26-21(19)14-30-34-26/h4-5,8-10,13-14,17-18,36H,6-7,11-12H2,1-3H3,(H,29,30,34)(H2,31,33,37)/t17-,18-. The van der Waals surface area contributed by atoms with Gasteiger partial charge < -0.3 is 25.4 Å². The number of amides is 2. The molecule has 1 aliphatic rings. The Morgan fingerprint density at radius 2 is 2.05 bits per heavy atom. The second kappa shape index (κ2) is 10.7. The average molecular weight is 520 g/mol. The van der Waals surface area contributed by atoms with Gasteiger partial charge in [0.15, 0.2) is 5.65 Å². The third kappa shape index (κ3) is 5.29. The van der Waals surface area contributed by atoms with Gasteiger partial charge in [0.1, 0.15) is 12.4 Å². The summed E-state index contributed by atoms with van der Waals surface area (Å²) in [4.78, 5) is 23.7. The minimum absolute atomic E-state index is 0.0597. The van der Waals surface area contributed by atoms with E-state index in [9.17, 15) is 14.3 Å². The number of aliphatic hydroxyl groups is 1. The number of aromatic amines is 1. The van der Waals surface area contributed by atoms with Crippen LogP contribution in [0.25, 0.3) is 33.4 Å². The van der Waals surface area contributed by atoms with Gasteiger partial charge in [-0.3, -0.25) is 5.10 Å². The molecule has 0 radical (unpaired) electrons. The van der Waals surface area contributed by atoms with Crippen LogP contribution < -0.4 is 15.4 Å². The SMILES string of the molecule is Cc1cc(F)c(NC(=O)N[C@H]2C[C@H](N(C)C)C2)cc1-c1cc(OCCO)nc(-c2ccnc3[nH]ncc23)c1. The lowest BCUT2D eigenvalue weighted by Gasteiger charge is -2.39. The zero-order valence-electron chi connectivity index (χ0n) is 21.5. The molecule has 38 heavy (non-hydrogen) atoms. The van der Waals surface area contributed by atoms with Crippen molar-refractivity contribution in [1.82, 2.24) is 30.4 Å². The lowest BCUT2D eigenvalue weighted by molar-refractivity contribution is 0.150. The van der Waals surface area contributed by atoms with Gasteiger partial charge in [-0.1, -0.05) is 0 Å². The normalized spacial score (nSPS) is 16.9. The molecule has 0 spiro atoms. The monoisotopic (exact) mass is 519 g/mol. The fourth-order valence-corrected chi connectivity index (χ4v) is 4.65. The van der Waals surface area contributed by atoms with Gasteiger partial charge in [-0.15, -0.1) is 0 Å². The van der Waals surface area contributed by atoms with Crippen LogP contribution in [0.3, 0.4) is 0 Å². The summed E-state index contributed by atoms with van der Waals surface area (Å²) < 4.78 is 20.6. The highest BCUT2D eigenvalue weighted by Crippen LogP contribution is 2.35.